The Morgan fingerprint density at radius 3 is 2.53 bits per heavy atom. The van der Waals surface area contributed by atoms with Crippen molar-refractivity contribution < 1.29 is 5.11 Å². The summed E-state index contributed by atoms with van der Waals surface area (Å²) in [7, 11) is 0. The normalized spacial score (nSPS) is 25.7. The Hall–Kier alpha value is -0.0300. The molecular weight excluding hydrogens is 322 g/mol. The van der Waals surface area contributed by atoms with Gasteiger partial charge in [-0.05, 0) is 49.6 Å². The van der Waals surface area contributed by atoms with Gasteiger partial charge in [0.1, 0.15) is 0 Å². The van der Waals surface area contributed by atoms with Gasteiger partial charge in [-0.25, -0.2) is 0 Å². The van der Waals surface area contributed by atoms with Crippen LogP contribution in [-0.2, 0) is 0 Å². The molecule has 1 aromatic rings. The van der Waals surface area contributed by atoms with Gasteiger partial charge >= 0.3 is 0 Å². The predicted molar refractivity (Wildman–Crippen MR) is 86.9 cm³/mol. The summed E-state index contributed by atoms with van der Waals surface area (Å²) >= 11 is 5.21. The van der Waals surface area contributed by atoms with E-state index in [9.17, 15) is 5.11 Å². The topological polar surface area (TPSA) is 32.3 Å². The third-order valence-electron chi connectivity index (χ3n) is 4.02. The van der Waals surface area contributed by atoms with E-state index < -0.39 is 0 Å². The van der Waals surface area contributed by atoms with Gasteiger partial charge < -0.3 is 10.4 Å². The lowest BCUT2D eigenvalue weighted by Gasteiger charge is -2.39. The lowest BCUT2D eigenvalue weighted by atomic mass is 9.75. The van der Waals surface area contributed by atoms with E-state index in [-0.39, 0.29) is 6.61 Å². The van der Waals surface area contributed by atoms with Crippen LogP contribution in [0.4, 0.5) is 0 Å². The average molecular weight is 344 g/mol. The van der Waals surface area contributed by atoms with E-state index in [1.165, 1.54) is 18.4 Å². The van der Waals surface area contributed by atoms with Crippen LogP contribution in [0.1, 0.15) is 31.2 Å². The van der Waals surface area contributed by atoms with Crippen molar-refractivity contribution in [2.75, 3.05) is 12.9 Å². The average Bonchev–Trinajstić information content (AvgIpc) is 2.36. The van der Waals surface area contributed by atoms with Gasteiger partial charge in [-0.3, -0.25) is 0 Å². The van der Waals surface area contributed by atoms with Crippen molar-refractivity contribution in [2.24, 2.45) is 0 Å². The Bertz CT molecular complexity index is 388. The van der Waals surface area contributed by atoms with Crippen LogP contribution in [0.2, 0.25) is 0 Å². The van der Waals surface area contributed by atoms with Gasteiger partial charge in [0.2, 0.25) is 0 Å². The lowest BCUT2D eigenvalue weighted by molar-refractivity contribution is 0.235. The van der Waals surface area contributed by atoms with Gasteiger partial charge in [0.25, 0.3) is 0 Å². The van der Waals surface area contributed by atoms with Gasteiger partial charge in [0.05, 0.1) is 6.61 Å². The zero-order chi connectivity index (χ0) is 13.8. The third kappa shape index (κ3) is 3.97. The second-order valence-corrected chi connectivity index (χ2v) is 7.32. The van der Waals surface area contributed by atoms with E-state index >= 15 is 0 Å². The first-order valence-corrected chi connectivity index (χ1v) is 8.87. The number of thioether (sulfide) groups is 1. The van der Waals surface area contributed by atoms with E-state index in [0.29, 0.717) is 23.3 Å². The lowest BCUT2D eigenvalue weighted by Crippen LogP contribution is -2.48. The van der Waals surface area contributed by atoms with Crippen LogP contribution >= 0.6 is 27.7 Å². The number of halogens is 1. The van der Waals surface area contributed by atoms with Crippen LogP contribution in [0.25, 0.3) is 0 Å². The van der Waals surface area contributed by atoms with Crippen molar-refractivity contribution in [3.8, 4) is 0 Å². The molecule has 0 saturated heterocycles. The fourth-order valence-electron chi connectivity index (χ4n) is 2.68. The minimum atomic E-state index is 0.248. The quantitative estimate of drug-likeness (QED) is 0.830. The van der Waals surface area contributed by atoms with Crippen molar-refractivity contribution in [3.05, 3.63) is 34.3 Å². The number of aliphatic hydroxyl groups is 1. The fourth-order valence-corrected chi connectivity index (χ4v) is 3.58. The molecule has 2 nitrogen and oxygen atoms in total. The molecule has 4 heteroatoms. The molecule has 1 fully saturated rings. The molecule has 2 atom stereocenters. The van der Waals surface area contributed by atoms with Gasteiger partial charge in [0.15, 0.2) is 0 Å². The Morgan fingerprint density at radius 2 is 2.00 bits per heavy atom. The van der Waals surface area contributed by atoms with Crippen molar-refractivity contribution >= 4 is 27.7 Å². The maximum atomic E-state index is 9.29. The summed E-state index contributed by atoms with van der Waals surface area (Å²) in [6.07, 6.45) is 4.47. The first kappa shape index (κ1) is 15.4. The maximum absolute atomic E-state index is 9.29. The fraction of sp³-hybridized carbons (Fsp3) is 0.600. The molecule has 106 valence electrons. The summed E-state index contributed by atoms with van der Waals surface area (Å²) < 4.78 is 1.14. The molecule has 2 N–H and O–H groups in total. The van der Waals surface area contributed by atoms with Gasteiger partial charge in [-0.15, -0.1) is 0 Å². The van der Waals surface area contributed by atoms with Gasteiger partial charge in [-0.1, -0.05) is 28.1 Å². The van der Waals surface area contributed by atoms with Crippen molar-refractivity contribution in [1.82, 2.24) is 5.32 Å². The minimum Gasteiger partial charge on any atom is -0.395 e. The Balaban J connectivity index is 1.78. The smallest absolute Gasteiger partial charge is 0.0564 e. The van der Waals surface area contributed by atoms with Crippen molar-refractivity contribution in [2.45, 2.75) is 43.0 Å². The largest absolute Gasteiger partial charge is 0.395 e. The van der Waals surface area contributed by atoms with E-state index in [2.05, 4.69) is 58.7 Å². The van der Waals surface area contributed by atoms with E-state index in [1.54, 1.807) is 11.8 Å². The summed E-state index contributed by atoms with van der Waals surface area (Å²) in [4.78, 5) is 0. The molecule has 1 aliphatic rings. The van der Waals surface area contributed by atoms with Crippen LogP contribution in [0, 0.1) is 0 Å². The van der Waals surface area contributed by atoms with E-state index in [0.717, 1.165) is 4.47 Å². The van der Waals surface area contributed by atoms with Gasteiger partial charge in [0, 0.05) is 21.8 Å². The summed E-state index contributed by atoms with van der Waals surface area (Å²) in [5.74, 6) is 0.694. The molecule has 1 aliphatic carbocycles. The molecule has 0 bridgehead atoms. The maximum Gasteiger partial charge on any atom is 0.0564 e. The molecule has 1 saturated carbocycles. The summed E-state index contributed by atoms with van der Waals surface area (Å²) in [6, 6.07) is 9.64. The molecule has 1 aromatic carbocycles. The highest BCUT2D eigenvalue weighted by Crippen LogP contribution is 2.37. The Morgan fingerprint density at radius 1 is 1.37 bits per heavy atom. The number of hydrogen-bond acceptors (Lipinski definition) is 3. The molecule has 2 rings (SSSR count). The Kier molecular flexibility index (Phi) is 5.75. The van der Waals surface area contributed by atoms with Crippen LogP contribution in [0.3, 0.4) is 0 Å². The monoisotopic (exact) mass is 343 g/mol. The zero-order valence-corrected chi connectivity index (χ0v) is 13.9. The van der Waals surface area contributed by atoms with Gasteiger partial charge in [-0.2, -0.15) is 11.8 Å². The summed E-state index contributed by atoms with van der Waals surface area (Å²) in [5, 5.41) is 13.2. The highest BCUT2D eigenvalue weighted by Gasteiger charge is 2.32. The number of benzene rings is 1. The SMILES string of the molecule is CSC(CO)C(C)NC1CC(c2ccc(Br)cc2)C1. The highest BCUT2D eigenvalue weighted by molar-refractivity contribution is 9.10. The minimum absolute atomic E-state index is 0.248. The summed E-state index contributed by atoms with van der Waals surface area (Å²) in [6.45, 7) is 2.42. The summed E-state index contributed by atoms with van der Waals surface area (Å²) in [5.41, 5.74) is 1.44. The van der Waals surface area contributed by atoms with Crippen LogP contribution in [0.5, 0.6) is 0 Å². The molecule has 2 unspecified atom stereocenters. The number of aliphatic hydroxyl groups excluding tert-OH is 1. The molecule has 0 heterocycles. The predicted octanol–water partition coefficient (Wildman–Crippen LogP) is 3.40. The van der Waals surface area contributed by atoms with E-state index in [4.69, 9.17) is 0 Å². The number of nitrogens with one attached hydrogen (secondary N) is 1. The molecule has 0 spiro atoms. The first-order chi connectivity index (χ1) is 9.13. The number of hydrogen-bond donors (Lipinski definition) is 2. The molecule has 0 aliphatic heterocycles. The standard InChI is InChI=1S/C15H22BrNOS/c1-10(15(9-18)19-2)17-14-7-12(8-14)11-3-5-13(16)6-4-11/h3-6,10,12,14-15,17-18H,7-9H2,1-2H3. The number of rotatable bonds is 6. The van der Waals surface area contributed by atoms with Crippen LogP contribution in [0.15, 0.2) is 28.7 Å². The molecule has 0 aromatic heterocycles. The molecule has 0 radical (unpaired) electrons. The molecular formula is C15H22BrNOS. The zero-order valence-electron chi connectivity index (χ0n) is 11.5. The molecule has 0 amide bonds. The second-order valence-electron chi connectivity index (χ2n) is 5.33. The van der Waals surface area contributed by atoms with Crippen molar-refractivity contribution in [3.63, 3.8) is 0 Å². The van der Waals surface area contributed by atoms with Crippen molar-refractivity contribution in [1.29, 1.82) is 0 Å². The first-order valence-electron chi connectivity index (χ1n) is 6.79. The Labute approximate surface area is 128 Å². The van der Waals surface area contributed by atoms with Crippen LogP contribution < -0.4 is 5.32 Å². The molecule has 19 heavy (non-hydrogen) atoms. The second kappa shape index (κ2) is 7.11. The van der Waals surface area contributed by atoms with E-state index in [1.807, 2.05) is 0 Å². The van der Waals surface area contributed by atoms with Crippen LogP contribution in [-0.4, -0.2) is 35.3 Å². The highest BCUT2D eigenvalue weighted by atomic mass is 79.9. The third-order valence-corrected chi connectivity index (χ3v) is 5.71.